The van der Waals surface area contributed by atoms with Gasteiger partial charge in [-0.2, -0.15) is 0 Å². The molecule has 1 atom stereocenters. The van der Waals surface area contributed by atoms with Crippen LogP contribution in [0.2, 0.25) is 0 Å². The first-order valence-electron chi connectivity index (χ1n) is 5.68. The molecular weight excluding hydrogens is 280 g/mol. The average molecular weight is 299 g/mol. The monoisotopic (exact) mass is 298 g/mol. The Kier molecular flexibility index (Phi) is 5.00. The van der Waals surface area contributed by atoms with Gasteiger partial charge in [0, 0.05) is 25.5 Å². The zero-order valence-electron chi connectivity index (χ0n) is 10.7. The van der Waals surface area contributed by atoms with Gasteiger partial charge in [0.2, 0.25) is 5.91 Å². The van der Waals surface area contributed by atoms with Crippen LogP contribution >= 0.6 is 15.9 Å². The number of anilines is 2. The highest BCUT2D eigenvalue weighted by molar-refractivity contribution is 9.10. The van der Waals surface area contributed by atoms with E-state index in [9.17, 15) is 4.79 Å². The van der Waals surface area contributed by atoms with E-state index in [-0.39, 0.29) is 10.7 Å². The molecule has 0 radical (unpaired) electrons. The number of carbonyl (C=O) groups excluding carboxylic acids is 1. The third kappa shape index (κ3) is 3.73. The number of aryl methyl sites for hydroxylation is 1. The van der Waals surface area contributed by atoms with Gasteiger partial charge in [0.1, 0.15) is 0 Å². The molecule has 0 saturated heterocycles. The first kappa shape index (κ1) is 14.0. The minimum Gasteiger partial charge on any atom is -0.378 e. The molecule has 0 aliphatic rings. The minimum atomic E-state index is -0.129. The summed E-state index contributed by atoms with van der Waals surface area (Å²) < 4.78 is 0. The van der Waals surface area contributed by atoms with Crippen LogP contribution in [-0.4, -0.2) is 24.8 Å². The van der Waals surface area contributed by atoms with E-state index in [0.717, 1.165) is 23.4 Å². The quantitative estimate of drug-likeness (QED) is 0.866. The van der Waals surface area contributed by atoms with Gasteiger partial charge >= 0.3 is 0 Å². The van der Waals surface area contributed by atoms with Gasteiger partial charge in [-0.25, -0.2) is 0 Å². The molecule has 1 amide bonds. The van der Waals surface area contributed by atoms with Crippen LogP contribution in [0.5, 0.6) is 0 Å². The van der Waals surface area contributed by atoms with Crippen molar-refractivity contribution in [2.75, 3.05) is 24.3 Å². The van der Waals surface area contributed by atoms with Gasteiger partial charge in [0.05, 0.1) is 4.83 Å². The largest absolute Gasteiger partial charge is 0.378 e. The van der Waals surface area contributed by atoms with Crippen molar-refractivity contribution < 1.29 is 4.79 Å². The van der Waals surface area contributed by atoms with E-state index in [0.29, 0.717) is 0 Å². The molecule has 1 N–H and O–H groups in total. The topological polar surface area (TPSA) is 32.3 Å². The summed E-state index contributed by atoms with van der Waals surface area (Å²) in [7, 11) is 4.00. The molecule has 94 valence electrons. The highest BCUT2D eigenvalue weighted by Crippen LogP contribution is 2.22. The Labute approximate surface area is 111 Å². The lowest BCUT2D eigenvalue weighted by molar-refractivity contribution is -0.115. The molecule has 0 heterocycles. The predicted molar refractivity (Wildman–Crippen MR) is 77.1 cm³/mol. The molecule has 0 aromatic heterocycles. The van der Waals surface area contributed by atoms with Crippen molar-refractivity contribution in [2.24, 2.45) is 0 Å². The lowest BCUT2D eigenvalue weighted by atomic mass is 10.1. The molecule has 0 aliphatic heterocycles. The number of benzene rings is 1. The maximum Gasteiger partial charge on any atom is 0.238 e. The van der Waals surface area contributed by atoms with Crippen molar-refractivity contribution in [3.05, 3.63) is 23.8 Å². The van der Waals surface area contributed by atoms with Crippen molar-refractivity contribution in [3.8, 4) is 0 Å². The Hall–Kier alpha value is -1.03. The zero-order chi connectivity index (χ0) is 13.0. The molecule has 0 bridgehead atoms. The highest BCUT2D eigenvalue weighted by Gasteiger charge is 2.13. The van der Waals surface area contributed by atoms with Gasteiger partial charge in [-0.1, -0.05) is 22.9 Å². The molecular formula is C13H19BrN2O. The van der Waals surface area contributed by atoms with Gasteiger partial charge < -0.3 is 10.2 Å². The molecule has 4 heteroatoms. The second kappa shape index (κ2) is 6.05. The predicted octanol–water partition coefficient (Wildman–Crippen LogP) is 3.17. The fourth-order valence-corrected chi connectivity index (χ4v) is 1.58. The van der Waals surface area contributed by atoms with Crippen LogP contribution < -0.4 is 10.2 Å². The Balaban J connectivity index is 2.83. The number of halogens is 1. The first-order chi connectivity index (χ1) is 7.95. The second-order valence-electron chi connectivity index (χ2n) is 4.26. The SMILES string of the molecule is CCC(Br)C(=O)Nc1ccc(N(C)C)cc1C. The van der Waals surface area contributed by atoms with Crippen LogP contribution in [0, 0.1) is 6.92 Å². The lowest BCUT2D eigenvalue weighted by Crippen LogP contribution is -2.22. The third-order valence-corrected chi connectivity index (χ3v) is 3.69. The molecule has 3 nitrogen and oxygen atoms in total. The number of hydrogen-bond acceptors (Lipinski definition) is 2. The van der Waals surface area contributed by atoms with Gasteiger partial charge in [-0.15, -0.1) is 0 Å². The van der Waals surface area contributed by atoms with E-state index in [4.69, 9.17) is 0 Å². The second-order valence-corrected chi connectivity index (χ2v) is 5.36. The van der Waals surface area contributed by atoms with Gasteiger partial charge in [0.15, 0.2) is 0 Å². The molecule has 1 unspecified atom stereocenters. The number of alkyl halides is 1. The number of hydrogen-bond donors (Lipinski definition) is 1. The number of rotatable bonds is 4. The summed E-state index contributed by atoms with van der Waals surface area (Å²) in [4.78, 5) is 13.7. The third-order valence-electron chi connectivity index (χ3n) is 2.63. The Morgan fingerprint density at radius 3 is 2.59 bits per heavy atom. The van der Waals surface area contributed by atoms with E-state index in [1.165, 1.54) is 0 Å². The smallest absolute Gasteiger partial charge is 0.238 e. The normalized spacial score (nSPS) is 12.1. The summed E-state index contributed by atoms with van der Waals surface area (Å²) in [5, 5.41) is 2.92. The fraction of sp³-hybridized carbons (Fsp3) is 0.462. The molecule has 0 saturated carbocycles. The Bertz CT molecular complexity index is 404. The summed E-state index contributed by atoms with van der Waals surface area (Å²) in [5.74, 6) is 0.00760. The van der Waals surface area contributed by atoms with Crippen LogP contribution in [0.15, 0.2) is 18.2 Å². The molecule has 1 rings (SSSR count). The summed E-state index contributed by atoms with van der Waals surface area (Å²) in [6.45, 7) is 3.97. The van der Waals surface area contributed by atoms with E-state index >= 15 is 0 Å². The minimum absolute atomic E-state index is 0.00760. The van der Waals surface area contributed by atoms with E-state index in [1.807, 2.05) is 45.0 Å². The Morgan fingerprint density at radius 2 is 2.12 bits per heavy atom. The van der Waals surface area contributed by atoms with E-state index < -0.39 is 0 Å². The molecule has 1 aromatic rings. The zero-order valence-corrected chi connectivity index (χ0v) is 12.3. The maximum atomic E-state index is 11.7. The van der Waals surface area contributed by atoms with Crippen LogP contribution in [0.1, 0.15) is 18.9 Å². The number of carbonyl (C=O) groups is 1. The van der Waals surface area contributed by atoms with E-state index in [2.05, 4.69) is 27.3 Å². The average Bonchev–Trinajstić information content (AvgIpc) is 2.30. The van der Waals surface area contributed by atoms with Crippen molar-refractivity contribution in [3.63, 3.8) is 0 Å². The van der Waals surface area contributed by atoms with Crippen molar-refractivity contribution in [1.82, 2.24) is 0 Å². The van der Waals surface area contributed by atoms with Gasteiger partial charge in [-0.3, -0.25) is 4.79 Å². The summed E-state index contributed by atoms with van der Waals surface area (Å²) in [6, 6.07) is 6.00. The number of amides is 1. The maximum absolute atomic E-state index is 11.7. The van der Waals surface area contributed by atoms with Crippen molar-refractivity contribution >= 4 is 33.2 Å². The van der Waals surface area contributed by atoms with Gasteiger partial charge in [-0.05, 0) is 37.1 Å². The summed E-state index contributed by atoms with van der Waals surface area (Å²) in [5.41, 5.74) is 3.07. The standard InChI is InChI=1S/C13H19BrN2O/c1-5-11(14)13(17)15-12-7-6-10(16(3)4)8-9(12)2/h6-8,11H,5H2,1-4H3,(H,15,17). The van der Waals surface area contributed by atoms with E-state index in [1.54, 1.807) is 0 Å². The first-order valence-corrected chi connectivity index (χ1v) is 6.60. The molecule has 1 aromatic carbocycles. The molecule has 0 fully saturated rings. The van der Waals surface area contributed by atoms with Crippen LogP contribution in [0.3, 0.4) is 0 Å². The molecule has 0 spiro atoms. The number of nitrogens with one attached hydrogen (secondary N) is 1. The lowest BCUT2D eigenvalue weighted by Gasteiger charge is -2.16. The number of nitrogens with zero attached hydrogens (tertiary/aromatic N) is 1. The Morgan fingerprint density at radius 1 is 1.47 bits per heavy atom. The van der Waals surface area contributed by atoms with Crippen molar-refractivity contribution in [2.45, 2.75) is 25.1 Å². The van der Waals surface area contributed by atoms with Crippen LogP contribution in [0.4, 0.5) is 11.4 Å². The van der Waals surface area contributed by atoms with Crippen molar-refractivity contribution in [1.29, 1.82) is 0 Å². The van der Waals surface area contributed by atoms with Crippen LogP contribution in [-0.2, 0) is 4.79 Å². The molecule has 0 aliphatic carbocycles. The molecule has 17 heavy (non-hydrogen) atoms. The summed E-state index contributed by atoms with van der Waals surface area (Å²) >= 11 is 3.34. The summed E-state index contributed by atoms with van der Waals surface area (Å²) in [6.07, 6.45) is 0.778. The van der Waals surface area contributed by atoms with Gasteiger partial charge in [0.25, 0.3) is 0 Å². The fourth-order valence-electron chi connectivity index (χ4n) is 1.46. The highest BCUT2D eigenvalue weighted by atomic mass is 79.9. The van der Waals surface area contributed by atoms with Crippen LogP contribution in [0.25, 0.3) is 0 Å².